The van der Waals surface area contributed by atoms with E-state index in [1.54, 1.807) is 0 Å². The first-order valence-corrected chi connectivity index (χ1v) is 5.74. The second-order valence-electron chi connectivity index (χ2n) is 3.55. The topological polar surface area (TPSA) is 119 Å². The number of amides is 1. The van der Waals surface area contributed by atoms with Crippen molar-refractivity contribution in [2.75, 3.05) is 12.0 Å². The predicted octanol–water partition coefficient (Wildman–Crippen LogP) is 0.376. The van der Waals surface area contributed by atoms with E-state index in [9.17, 15) is 4.79 Å². The molecule has 19 heavy (non-hydrogen) atoms. The van der Waals surface area contributed by atoms with E-state index in [0.29, 0.717) is 30.2 Å². The SMILES string of the molecule is NNc1ncc(C(=O)NCCc2ncon2)cc1Cl. The summed E-state index contributed by atoms with van der Waals surface area (Å²) in [5.41, 5.74) is 2.67. The molecular weight excluding hydrogens is 272 g/mol. The first kappa shape index (κ1) is 13.2. The molecule has 0 bridgehead atoms. The van der Waals surface area contributed by atoms with Gasteiger partial charge in [0.05, 0.1) is 10.6 Å². The summed E-state index contributed by atoms with van der Waals surface area (Å²) < 4.78 is 4.58. The highest BCUT2D eigenvalue weighted by molar-refractivity contribution is 6.33. The lowest BCUT2D eigenvalue weighted by molar-refractivity contribution is 0.0953. The van der Waals surface area contributed by atoms with E-state index in [4.69, 9.17) is 17.4 Å². The van der Waals surface area contributed by atoms with Crippen LogP contribution in [0, 0.1) is 0 Å². The molecule has 0 fully saturated rings. The van der Waals surface area contributed by atoms with Crippen LogP contribution in [-0.2, 0) is 6.42 Å². The molecule has 0 aliphatic carbocycles. The largest absolute Gasteiger partial charge is 0.352 e. The fourth-order valence-electron chi connectivity index (χ4n) is 1.36. The van der Waals surface area contributed by atoms with E-state index in [-0.39, 0.29) is 10.9 Å². The van der Waals surface area contributed by atoms with Crippen LogP contribution in [0.1, 0.15) is 16.2 Å². The summed E-state index contributed by atoms with van der Waals surface area (Å²) in [5, 5.41) is 6.59. The molecule has 1 amide bonds. The Morgan fingerprint density at radius 1 is 1.47 bits per heavy atom. The number of hydrogen-bond donors (Lipinski definition) is 3. The lowest BCUT2D eigenvalue weighted by atomic mass is 10.2. The first-order chi connectivity index (χ1) is 9.20. The molecule has 9 heteroatoms. The zero-order valence-corrected chi connectivity index (χ0v) is 10.5. The summed E-state index contributed by atoms with van der Waals surface area (Å²) in [4.78, 5) is 19.5. The van der Waals surface area contributed by atoms with E-state index in [2.05, 4.69) is 30.4 Å². The average Bonchev–Trinajstić information content (AvgIpc) is 2.91. The van der Waals surface area contributed by atoms with Gasteiger partial charge in [0.25, 0.3) is 5.91 Å². The second kappa shape index (κ2) is 6.12. The molecule has 2 heterocycles. The molecule has 2 aromatic rings. The number of pyridine rings is 1. The normalized spacial score (nSPS) is 10.2. The predicted molar refractivity (Wildman–Crippen MR) is 67.4 cm³/mol. The van der Waals surface area contributed by atoms with Crippen molar-refractivity contribution in [2.45, 2.75) is 6.42 Å². The molecule has 2 rings (SSSR count). The van der Waals surface area contributed by atoms with Gasteiger partial charge >= 0.3 is 0 Å². The van der Waals surface area contributed by atoms with Gasteiger partial charge in [-0.2, -0.15) is 4.98 Å². The summed E-state index contributed by atoms with van der Waals surface area (Å²) in [7, 11) is 0. The van der Waals surface area contributed by atoms with Crippen molar-refractivity contribution in [1.82, 2.24) is 20.4 Å². The molecule has 0 aromatic carbocycles. The Balaban J connectivity index is 1.91. The Morgan fingerprint density at radius 3 is 2.95 bits per heavy atom. The summed E-state index contributed by atoms with van der Waals surface area (Å²) in [6.07, 6.45) is 3.09. The van der Waals surface area contributed by atoms with Crippen molar-refractivity contribution in [1.29, 1.82) is 0 Å². The highest BCUT2D eigenvalue weighted by atomic mass is 35.5. The maximum Gasteiger partial charge on any atom is 0.252 e. The van der Waals surface area contributed by atoms with Crippen LogP contribution in [0.3, 0.4) is 0 Å². The van der Waals surface area contributed by atoms with Crippen molar-refractivity contribution in [3.05, 3.63) is 35.1 Å². The Hall–Kier alpha value is -2.19. The minimum atomic E-state index is -0.290. The number of rotatable bonds is 5. The molecule has 0 aliphatic heterocycles. The maximum absolute atomic E-state index is 11.8. The first-order valence-electron chi connectivity index (χ1n) is 5.36. The maximum atomic E-state index is 11.8. The van der Waals surface area contributed by atoms with Crippen LogP contribution in [0.4, 0.5) is 5.82 Å². The molecule has 0 saturated carbocycles. The number of nitrogens with zero attached hydrogens (tertiary/aromatic N) is 3. The van der Waals surface area contributed by atoms with Crippen LogP contribution in [0.5, 0.6) is 0 Å². The minimum Gasteiger partial charge on any atom is -0.352 e. The van der Waals surface area contributed by atoms with E-state index in [1.165, 1.54) is 18.7 Å². The van der Waals surface area contributed by atoms with E-state index in [0.717, 1.165) is 0 Å². The summed E-state index contributed by atoms with van der Waals surface area (Å²) in [5.74, 6) is 5.74. The second-order valence-corrected chi connectivity index (χ2v) is 3.96. The summed E-state index contributed by atoms with van der Waals surface area (Å²) in [6.45, 7) is 0.382. The van der Waals surface area contributed by atoms with Crippen molar-refractivity contribution in [2.24, 2.45) is 5.84 Å². The minimum absolute atomic E-state index is 0.272. The number of aromatic nitrogens is 3. The molecule has 0 saturated heterocycles. The third kappa shape index (κ3) is 3.39. The third-order valence-electron chi connectivity index (χ3n) is 2.28. The van der Waals surface area contributed by atoms with Gasteiger partial charge in [-0.05, 0) is 6.07 Å². The number of anilines is 1. The summed E-state index contributed by atoms with van der Waals surface area (Å²) in [6, 6.07) is 1.48. The number of hydrogen-bond acceptors (Lipinski definition) is 7. The van der Waals surface area contributed by atoms with Crippen molar-refractivity contribution < 1.29 is 9.32 Å². The molecule has 100 valence electrons. The van der Waals surface area contributed by atoms with Crippen LogP contribution < -0.4 is 16.6 Å². The van der Waals surface area contributed by atoms with Crippen LogP contribution in [0.2, 0.25) is 5.02 Å². The fraction of sp³-hybridized carbons (Fsp3) is 0.200. The Bertz CT molecular complexity index is 559. The average molecular weight is 283 g/mol. The van der Waals surface area contributed by atoms with Gasteiger partial charge in [-0.25, -0.2) is 10.8 Å². The lowest BCUT2D eigenvalue weighted by Gasteiger charge is -2.06. The van der Waals surface area contributed by atoms with Gasteiger partial charge < -0.3 is 15.3 Å². The monoisotopic (exact) mass is 282 g/mol. The number of carbonyl (C=O) groups excluding carboxylic acids is 1. The van der Waals surface area contributed by atoms with Crippen LogP contribution in [-0.4, -0.2) is 27.6 Å². The van der Waals surface area contributed by atoms with Gasteiger partial charge in [-0.15, -0.1) is 0 Å². The highest BCUT2D eigenvalue weighted by Gasteiger charge is 2.09. The van der Waals surface area contributed by atoms with Gasteiger partial charge in [-0.3, -0.25) is 4.79 Å². The zero-order chi connectivity index (χ0) is 13.7. The molecular formula is C10H11ClN6O2. The lowest BCUT2D eigenvalue weighted by Crippen LogP contribution is -2.26. The summed E-state index contributed by atoms with van der Waals surface area (Å²) >= 11 is 5.87. The number of nitrogens with one attached hydrogen (secondary N) is 2. The Labute approximate surface area is 113 Å². The van der Waals surface area contributed by atoms with Gasteiger partial charge in [0.15, 0.2) is 11.6 Å². The molecule has 0 atom stereocenters. The molecule has 0 aliphatic rings. The highest BCUT2D eigenvalue weighted by Crippen LogP contribution is 2.18. The molecule has 2 aromatic heterocycles. The smallest absolute Gasteiger partial charge is 0.252 e. The van der Waals surface area contributed by atoms with Gasteiger partial charge in [0.1, 0.15) is 0 Å². The number of nitrogen functional groups attached to an aromatic ring is 1. The molecule has 4 N–H and O–H groups in total. The van der Waals surface area contributed by atoms with Gasteiger partial charge in [0.2, 0.25) is 6.39 Å². The molecule has 0 unspecified atom stereocenters. The third-order valence-corrected chi connectivity index (χ3v) is 2.57. The Morgan fingerprint density at radius 2 is 2.32 bits per heavy atom. The van der Waals surface area contributed by atoms with Crippen LogP contribution in [0.25, 0.3) is 0 Å². The van der Waals surface area contributed by atoms with Crippen molar-refractivity contribution >= 4 is 23.3 Å². The van der Waals surface area contributed by atoms with Crippen LogP contribution in [0.15, 0.2) is 23.2 Å². The molecule has 0 spiro atoms. The number of halogens is 1. The quantitative estimate of drug-likeness (QED) is 0.535. The van der Waals surface area contributed by atoms with Gasteiger partial charge in [0, 0.05) is 19.2 Å². The van der Waals surface area contributed by atoms with Crippen LogP contribution >= 0.6 is 11.6 Å². The van der Waals surface area contributed by atoms with Crippen molar-refractivity contribution in [3.63, 3.8) is 0 Å². The van der Waals surface area contributed by atoms with Gasteiger partial charge in [-0.1, -0.05) is 16.8 Å². The van der Waals surface area contributed by atoms with E-state index < -0.39 is 0 Å². The molecule has 8 nitrogen and oxygen atoms in total. The van der Waals surface area contributed by atoms with E-state index in [1.807, 2.05) is 0 Å². The number of nitrogens with two attached hydrogens (primary N) is 1. The number of carbonyl (C=O) groups is 1. The molecule has 0 radical (unpaired) electrons. The zero-order valence-electron chi connectivity index (χ0n) is 9.76. The fourth-order valence-corrected chi connectivity index (χ4v) is 1.58. The van der Waals surface area contributed by atoms with Crippen molar-refractivity contribution in [3.8, 4) is 0 Å². The Kier molecular flexibility index (Phi) is 4.26. The van der Waals surface area contributed by atoms with E-state index >= 15 is 0 Å². The standard InChI is InChI=1S/C10H11ClN6O2/c11-7-3-6(4-14-9(7)16-12)10(18)13-2-1-8-15-5-19-17-8/h3-5H,1-2,12H2,(H,13,18)(H,14,16). The number of hydrazine groups is 1.